The zero-order valence-corrected chi connectivity index (χ0v) is 36.3. The van der Waals surface area contributed by atoms with Crippen LogP contribution in [-0.4, -0.2) is 4.57 Å². The van der Waals surface area contributed by atoms with E-state index in [0.717, 1.165) is 28.3 Å². The standard InChI is InChI=1S/C64H44N2/c1-4-15-45(16-5-1)47-29-31-48(32-30-47)49-33-38-56(39-34-49)65(57-40-35-50(36-41-57)53-21-12-20-52(43-53)46-17-6-2-7-18-46)58-25-13-22-54(44-58)60-27-14-28-61-64(60)63-59-26-11-10-19-51(59)37-42-62(63)66(61)55-23-8-3-9-24-55/h1-44H. The minimum atomic E-state index is 1.08. The van der Waals surface area contributed by atoms with Gasteiger partial charge in [0.2, 0.25) is 0 Å². The average Bonchev–Trinajstić information content (AvgIpc) is 3.75. The molecule has 0 saturated heterocycles. The van der Waals surface area contributed by atoms with E-state index < -0.39 is 0 Å². The van der Waals surface area contributed by atoms with E-state index in [-0.39, 0.29) is 0 Å². The van der Waals surface area contributed by atoms with E-state index in [1.807, 2.05) is 0 Å². The van der Waals surface area contributed by atoms with Crippen LogP contribution < -0.4 is 4.90 Å². The second-order valence-electron chi connectivity index (χ2n) is 16.9. The summed E-state index contributed by atoms with van der Waals surface area (Å²) in [5.74, 6) is 0. The third-order valence-corrected chi connectivity index (χ3v) is 13.0. The normalized spacial score (nSPS) is 11.3. The minimum Gasteiger partial charge on any atom is -0.310 e. The molecule has 0 saturated carbocycles. The minimum absolute atomic E-state index is 1.08. The first-order valence-electron chi connectivity index (χ1n) is 22.7. The van der Waals surface area contributed by atoms with Crippen molar-refractivity contribution in [1.82, 2.24) is 4.57 Å². The molecule has 0 bridgehead atoms. The molecule has 0 aliphatic rings. The van der Waals surface area contributed by atoms with Crippen molar-refractivity contribution in [2.75, 3.05) is 4.90 Å². The van der Waals surface area contributed by atoms with E-state index in [1.54, 1.807) is 0 Å². The van der Waals surface area contributed by atoms with E-state index >= 15 is 0 Å². The third kappa shape index (κ3) is 7.12. The second kappa shape index (κ2) is 16.8. The number of fused-ring (bicyclic) bond motifs is 5. The monoisotopic (exact) mass is 840 g/mol. The van der Waals surface area contributed by atoms with Crippen LogP contribution in [0.25, 0.3) is 93.9 Å². The molecule has 66 heavy (non-hydrogen) atoms. The van der Waals surface area contributed by atoms with Crippen molar-refractivity contribution in [3.05, 3.63) is 267 Å². The summed E-state index contributed by atoms with van der Waals surface area (Å²) in [6.45, 7) is 0. The maximum atomic E-state index is 2.42. The van der Waals surface area contributed by atoms with Gasteiger partial charge in [0.1, 0.15) is 0 Å². The molecular weight excluding hydrogens is 797 g/mol. The average molecular weight is 841 g/mol. The highest BCUT2D eigenvalue weighted by atomic mass is 15.1. The lowest BCUT2D eigenvalue weighted by Gasteiger charge is -2.26. The van der Waals surface area contributed by atoms with Crippen LogP contribution in [0.1, 0.15) is 0 Å². The number of aromatic nitrogens is 1. The zero-order valence-electron chi connectivity index (χ0n) is 36.3. The molecule has 0 unspecified atom stereocenters. The number of nitrogens with zero attached hydrogens (tertiary/aromatic N) is 2. The van der Waals surface area contributed by atoms with Crippen molar-refractivity contribution >= 4 is 49.6 Å². The van der Waals surface area contributed by atoms with Crippen molar-refractivity contribution in [1.29, 1.82) is 0 Å². The number of para-hydroxylation sites is 1. The number of hydrogen-bond donors (Lipinski definition) is 0. The predicted molar refractivity (Wildman–Crippen MR) is 280 cm³/mol. The number of rotatable bonds is 9. The first kappa shape index (κ1) is 38.9. The Morgan fingerprint density at radius 1 is 0.258 bits per heavy atom. The molecule has 2 nitrogen and oxygen atoms in total. The number of anilines is 3. The molecule has 0 spiro atoms. The zero-order chi connectivity index (χ0) is 43.8. The molecule has 1 aromatic heterocycles. The van der Waals surface area contributed by atoms with Gasteiger partial charge in [-0.3, -0.25) is 0 Å². The SMILES string of the molecule is c1ccc(-c2ccc(-c3ccc(N(c4ccc(-c5cccc(-c6ccccc6)c5)cc4)c4cccc(-c5cccc6c5c5c7ccccc7ccc5n6-c5ccccc5)c4)cc3)cc2)cc1. The summed E-state index contributed by atoms with van der Waals surface area (Å²) in [4.78, 5) is 2.39. The van der Waals surface area contributed by atoms with Gasteiger partial charge in [0.25, 0.3) is 0 Å². The van der Waals surface area contributed by atoms with E-state index in [9.17, 15) is 0 Å². The van der Waals surface area contributed by atoms with Crippen molar-refractivity contribution in [3.8, 4) is 61.3 Å². The van der Waals surface area contributed by atoms with Crippen LogP contribution in [0.4, 0.5) is 17.1 Å². The quantitative estimate of drug-likeness (QED) is 0.141. The first-order chi connectivity index (χ1) is 32.7. The van der Waals surface area contributed by atoms with Gasteiger partial charge < -0.3 is 9.47 Å². The van der Waals surface area contributed by atoms with Crippen LogP contribution >= 0.6 is 0 Å². The van der Waals surface area contributed by atoms with Crippen molar-refractivity contribution in [3.63, 3.8) is 0 Å². The number of benzene rings is 11. The summed E-state index contributed by atoms with van der Waals surface area (Å²) in [6, 6.07) is 96.8. The van der Waals surface area contributed by atoms with Gasteiger partial charge in [-0.05, 0) is 133 Å². The summed E-state index contributed by atoms with van der Waals surface area (Å²) in [5.41, 5.74) is 18.7. The molecule has 2 heteroatoms. The van der Waals surface area contributed by atoms with Crippen LogP contribution in [0.15, 0.2) is 267 Å². The summed E-state index contributed by atoms with van der Waals surface area (Å²) in [5, 5.41) is 5.01. The summed E-state index contributed by atoms with van der Waals surface area (Å²) < 4.78 is 2.42. The van der Waals surface area contributed by atoms with E-state index in [1.165, 1.54) is 82.6 Å². The lowest BCUT2D eigenvalue weighted by Crippen LogP contribution is -2.10. The fraction of sp³-hybridized carbons (Fsp3) is 0. The highest BCUT2D eigenvalue weighted by molar-refractivity contribution is 6.25. The molecule has 0 radical (unpaired) electrons. The summed E-state index contributed by atoms with van der Waals surface area (Å²) in [6.07, 6.45) is 0. The molecule has 0 N–H and O–H groups in total. The molecular formula is C64H44N2. The summed E-state index contributed by atoms with van der Waals surface area (Å²) in [7, 11) is 0. The van der Waals surface area contributed by atoms with Gasteiger partial charge in [0.05, 0.1) is 11.0 Å². The predicted octanol–water partition coefficient (Wildman–Crippen LogP) is 17.7. The molecule has 11 aromatic carbocycles. The molecule has 0 amide bonds. The van der Waals surface area contributed by atoms with Crippen molar-refractivity contribution < 1.29 is 0 Å². The van der Waals surface area contributed by atoms with Crippen LogP contribution in [0.3, 0.4) is 0 Å². The highest BCUT2D eigenvalue weighted by Gasteiger charge is 2.20. The summed E-state index contributed by atoms with van der Waals surface area (Å²) >= 11 is 0. The Morgan fingerprint density at radius 3 is 1.35 bits per heavy atom. The Kier molecular flexibility index (Phi) is 9.89. The molecule has 310 valence electrons. The van der Waals surface area contributed by atoms with Crippen molar-refractivity contribution in [2.24, 2.45) is 0 Å². The Hall–Kier alpha value is -8.72. The smallest absolute Gasteiger partial charge is 0.0547 e. The Balaban J connectivity index is 0.983. The Bertz CT molecular complexity index is 3650. The molecule has 12 aromatic rings. The maximum absolute atomic E-state index is 2.42. The van der Waals surface area contributed by atoms with Gasteiger partial charge in [-0.25, -0.2) is 0 Å². The molecule has 0 fully saturated rings. The van der Waals surface area contributed by atoms with E-state index in [2.05, 4.69) is 276 Å². The largest absolute Gasteiger partial charge is 0.310 e. The topological polar surface area (TPSA) is 8.17 Å². The molecule has 0 atom stereocenters. The molecule has 12 rings (SSSR count). The van der Waals surface area contributed by atoms with Gasteiger partial charge in [-0.1, -0.05) is 200 Å². The highest BCUT2D eigenvalue weighted by Crippen LogP contribution is 2.44. The first-order valence-corrected chi connectivity index (χ1v) is 22.7. The van der Waals surface area contributed by atoms with Gasteiger partial charge in [0.15, 0.2) is 0 Å². The molecule has 0 aliphatic carbocycles. The van der Waals surface area contributed by atoms with Crippen LogP contribution in [0.2, 0.25) is 0 Å². The lowest BCUT2D eigenvalue weighted by atomic mass is 9.96. The number of hydrogen-bond acceptors (Lipinski definition) is 1. The third-order valence-electron chi connectivity index (χ3n) is 13.0. The van der Waals surface area contributed by atoms with Crippen LogP contribution in [0, 0.1) is 0 Å². The van der Waals surface area contributed by atoms with Gasteiger partial charge in [0, 0.05) is 33.5 Å². The van der Waals surface area contributed by atoms with E-state index in [0.29, 0.717) is 0 Å². The Labute approximate surface area is 385 Å². The van der Waals surface area contributed by atoms with Gasteiger partial charge in [-0.2, -0.15) is 0 Å². The molecule has 0 aliphatic heterocycles. The van der Waals surface area contributed by atoms with Gasteiger partial charge >= 0.3 is 0 Å². The fourth-order valence-electron chi connectivity index (χ4n) is 9.78. The van der Waals surface area contributed by atoms with Crippen LogP contribution in [0.5, 0.6) is 0 Å². The van der Waals surface area contributed by atoms with Crippen molar-refractivity contribution in [2.45, 2.75) is 0 Å². The maximum Gasteiger partial charge on any atom is 0.0547 e. The van der Waals surface area contributed by atoms with E-state index in [4.69, 9.17) is 0 Å². The van der Waals surface area contributed by atoms with Crippen LogP contribution in [-0.2, 0) is 0 Å². The molecule has 1 heterocycles. The van der Waals surface area contributed by atoms with Gasteiger partial charge in [-0.15, -0.1) is 0 Å². The lowest BCUT2D eigenvalue weighted by molar-refractivity contribution is 1.18. The fourth-order valence-corrected chi connectivity index (χ4v) is 9.78. The Morgan fingerprint density at radius 2 is 0.712 bits per heavy atom. The second-order valence-corrected chi connectivity index (χ2v) is 16.9.